The highest BCUT2D eigenvalue weighted by molar-refractivity contribution is 9.10. The molecular formula is C17H9BrN2O4S2. The summed E-state index contributed by atoms with van der Waals surface area (Å²) in [6.45, 7) is 0. The van der Waals surface area contributed by atoms with Gasteiger partial charge in [-0.1, -0.05) is 58.1 Å². The summed E-state index contributed by atoms with van der Waals surface area (Å²) in [5, 5.41) is 10.9. The van der Waals surface area contributed by atoms with Crippen molar-refractivity contribution < 1.29 is 14.5 Å². The summed E-state index contributed by atoms with van der Waals surface area (Å²) in [5.41, 5.74) is 0.587. The van der Waals surface area contributed by atoms with Gasteiger partial charge in [-0.3, -0.25) is 19.7 Å². The lowest BCUT2D eigenvalue weighted by atomic mass is 10.1. The predicted molar refractivity (Wildman–Crippen MR) is 107 cm³/mol. The molecule has 0 N–H and O–H groups in total. The number of nitro groups is 1. The smallest absolute Gasteiger partial charge is 0.268 e. The summed E-state index contributed by atoms with van der Waals surface area (Å²) >= 11 is 9.51. The zero-order valence-electron chi connectivity index (χ0n) is 12.9. The molecule has 26 heavy (non-hydrogen) atoms. The number of thioether (sulfide) groups is 1. The van der Waals surface area contributed by atoms with E-state index in [9.17, 15) is 19.7 Å². The van der Waals surface area contributed by atoms with Crippen LogP contribution in [-0.2, 0) is 4.79 Å². The fourth-order valence-electron chi connectivity index (χ4n) is 2.23. The van der Waals surface area contributed by atoms with Crippen LogP contribution in [0.1, 0.15) is 15.9 Å². The lowest BCUT2D eigenvalue weighted by Gasteiger charge is -2.12. The van der Waals surface area contributed by atoms with Gasteiger partial charge in [-0.2, -0.15) is 0 Å². The molecule has 1 aliphatic heterocycles. The first-order valence-electron chi connectivity index (χ1n) is 7.19. The topological polar surface area (TPSA) is 80.5 Å². The van der Waals surface area contributed by atoms with Gasteiger partial charge in [0.2, 0.25) is 0 Å². The molecule has 0 aromatic heterocycles. The first-order chi connectivity index (χ1) is 12.4. The summed E-state index contributed by atoms with van der Waals surface area (Å²) in [6.07, 6.45) is 1.65. The Labute approximate surface area is 166 Å². The van der Waals surface area contributed by atoms with Gasteiger partial charge in [0.05, 0.1) is 9.83 Å². The number of carbonyl (C=O) groups is 2. The van der Waals surface area contributed by atoms with E-state index in [4.69, 9.17) is 12.2 Å². The van der Waals surface area contributed by atoms with Gasteiger partial charge in [0.15, 0.2) is 4.32 Å². The molecule has 3 rings (SSSR count). The molecule has 1 aliphatic rings. The van der Waals surface area contributed by atoms with Crippen molar-refractivity contribution in [2.75, 3.05) is 0 Å². The lowest BCUT2D eigenvalue weighted by molar-refractivity contribution is -0.384. The van der Waals surface area contributed by atoms with Crippen molar-refractivity contribution in [3.8, 4) is 0 Å². The Hall–Kier alpha value is -2.36. The molecule has 1 fully saturated rings. The summed E-state index contributed by atoms with van der Waals surface area (Å²) in [4.78, 5) is 36.7. The van der Waals surface area contributed by atoms with Gasteiger partial charge >= 0.3 is 0 Å². The summed E-state index contributed by atoms with van der Waals surface area (Å²) in [7, 11) is 0. The van der Waals surface area contributed by atoms with Gasteiger partial charge in [0.25, 0.3) is 17.5 Å². The third-order valence-electron chi connectivity index (χ3n) is 3.47. The van der Waals surface area contributed by atoms with Crippen molar-refractivity contribution in [1.29, 1.82) is 0 Å². The van der Waals surface area contributed by atoms with Crippen LogP contribution in [0.5, 0.6) is 0 Å². The molecule has 9 heteroatoms. The monoisotopic (exact) mass is 448 g/mol. The Morgan fingerprint density at radius 2 is 1.92 bits per heavy atom. The number of nitro benzene ring substituents is 1. The van der Waals surface area contributed by atoms with Crippen molar-refractivity contribution >= 4 is 67.8 Å². The van der Waals surface area contributed by atoms with Gasteiger partial charge in [-0.25, -0.2) is 4.90 Å². The standard InChI is InChI=1S/C17H9BrN2O4S2/c18-12-6-4-10(5-7-12)8-14-16(22)19(17(25)26-14)15(21)11-2-1-3-13(9-11)20(23)24/h1-9H. The molecule has 0 spiro atoms. The number of halogens is 1. The van der Waals surface area contributed by atoms with Gasteiger partial charge < -0.3 is 0 Å². The molecule has 0 unspecified atom stereocenters. The van der Waals surface area contributed by atoms with Crippen LogP contribution < -0.4 is 0 Å². The Morgan fingerprint density at radius 3 is 2.58 bits per heavy atom. The second-order valence-corrected chi connectivity index (χ2v) is 7.77. The molecule has 6 nitrogen and oxygen atoms in total. The molecule has 130 valence electrons. The average molecular weight is 449 g/mol. The van der Waals surface area contributed by atoms with Crippen molar-refractivity contribution in [3.05, 3.63) is 79.2 Å². The first kappa shape index (κ1) is 18.4. The molecular weight excluding hydrogens is 440 g/mol. The number of hydrogen-bond donors (Lipinski definition) is 0. The van der Waals surface area contributed by atoms with Crippen LogP contribution in [0.25, 0.3) is 6.08 Å². The number of rotatable bonds is 3. The highest BCUT2D eigenvalue weighted by Crippen LogP contribution is 2.34. The largest absolute Gasteiger partial charge is 0.273 e. The van der Waals surface area contributed by atoms with E-state index in [1.165, 1.54) is 18.2 Å². The second kappa shape index (κ2) is 7.48. The van der Waals surface area contributed by atoms with Crippen LogP contribution in [0, 0.1) is 10.1 Å². The summed E-state index contributed by atoms with van der Waals surface area (Å²) < 4.78 is 0.998. The van der Waals surface area contributed by atoms with Gasteiger partial charge in [0.1, 0.15) is 0 Å². The number of carbonyl (C=O) groups excluding carboxylic acids is 2. The first-order valence-corrected chi connectivity index (χ1v) is 9.21. The fourth-order valence-corrected chi connectivity index (χ4v) is 3.75. The Morgan fingerprint density at radius 1 is 1.23 bits per heavy atom. The minimum Gasteiger partial charge on any atom is -0.268 e. The third-order valence-corrected chi connectivity index (χ3v) is 5.30. The van der Waals surface area contributed by atoms with Crippen molar-refractivity contribution in [1.82, 2.24) is 4.90 Å². The normalized spacial score (nSPS) is 15.6. The molecule has 1 heterocycles. The third kappa shape index (κ3) is 3.74. The van der Waals surface area contributed by atoms with E-state index in [1.54, 1.807) is 6.08 Å². The second-order valence-electron chi connectivity index (χ2n) is 5.18. The SMILES string of the molecule is O=C1C(=Cc2ccc(Br)cc2)SC(=S)N1C(=O)c1cccc([N+](=O)[O-])c1. The molecule has 2 amide bonds. The average Bonchev–Trinajstić information content (AvgIpc) is 2.90. The van der Waals surface area contributed by atoms with E-state index in [0.717, 1.165) is 32.8 Å². The van der Waals surface area contributed by atoms with E-state index < -0.39 is 16.7 Å². The molecule has 0 bridgehead atoms. The Bertz CT molecular complexity index is 973. The van der Waals surface area contributed by atoms with Crippen LogP contribution in [0.4, 0.5) is 5.69 Å². The minimum absolute atomic E-state index is 0.0281. The quantitative estimate of drug-likeness (QED) is 0.227. The van der Waals surface area contributed by atoms with E-state index in [1.807, 2.05) is 24.3 Å². The van der Waals surface area contributed by atoms with E-state index >= 15 is 0 Å². The molecule has 0 saturated carbocycles. The summed E-state index contributed by atoms with van der Waals surface area (Å²) in [6, 6.07) is 12.5. The molecule has 0 radical (unpaired) electrons. The van der Waals surface area contributed by atoms with Gasteiger partial charge in [0, 0.05) is 22.2 Å². The van der Waals surface area contributed by atoms with Crippen LogP contribution in [0.2, 0.25) is 0 Å². The number of imide groups is 1. The number of benzene rings is 2. The predicted octanol–water partition coefficient (Wildman–Crippen LogP) is 4.40. The van der Waals surface area contributed by atoms with E-state index in [2.05, 4.69) is 15.9 Å². The Balaban J connectivity index is 1.89. The highest BCUT2D eigenvalue weighted by atomic mass is 79.9. The van der Waals surface area contributed by atoms with Gasteiger partial charge in [-0.15, -0.1) is 0 Å². The zero-order valence-corrected chi connectivity index (χ0v) is 16.1. The minimum atomic E-state index is -0.685. The Kier molecular flexibility index (Phi) is 5.30. The maximum atomic E-state index is 12.6. The number of non-ortho nitro benzene ring substituents is 1. The molecule has 2 aromatic rings. The van der Waals surface area contributed by atoms with Crippen molar-refractivity contribution in [2.24, 2.45) is 0 Å². The number of hydrogen-bond acceptors (Lipinski definition) is 6. The van der Waals surface area contributed by atoms with Gasteiger partial charge in [-0.05, 0) is 29.8 Å². The lowest BCUT2D eigenvalue weighted by Crippen LogP contribution is -2.34. The molecule has 0 aliphatic carbocycles. The highest BCUT2D eigenvalue weighted by Gasteiger charge is 2.37. The van der Waals surface area contributed by atoms with Crippen molar-refractivity contribution in [3.63, 3.8) is 0 Å². The van der Waals surface area contributed by atoms with E-state index in [-0.39, 0.29) is 15.6 Å². The zero-order chi connectivity index (χ0) is 18.8. The molecule has 1 saturated heterocycles. The summed E-state index contributed by atoms with van der Waals surface area (Å²) in [5.74, 6) is -1.23. The maximum Gasteiger partial charge on any atom is 0.273 e. The molecule has 0 atom stereocenters. The fraction of sp³-hybridized carbons (Fsp3) is 0. The van der Waals surface area contributed by atoms with Crippen LogP contribution in [0.3, 0.4) is 0 Å². The van der Waals surface area contributed by atoms with Crippen LogP contribution in [0.15, 0.2) is 57.9 Å². The van der Waals surface area contributed by atoms with Crippen LogP contribution >= 0.6 is 39.9 Å². The van der Waals surface area contributed by atoms with Crippen LogP contribution in [-0.4, -0.2) is 26.0 Å². The van der Waals surface area contributed by atoms with Crippen molar-refractivity contribution in [2.45, 2.75) is 0 Å². The molecule has 2 aromatic carbocycles. The number of nitrogens with zero attached hydrogens (tertiary/aromatic N) is 2. The number of amides is 2. The maximum absolute atomic E-state index is 12.6. The number of thiocarbonyl (C=S) groups is 1. The van der Waals surface area contributed by atoms with E-state index in [0.29, 0.717) is 4.91 Å².